The number of rotatable bonds is 6. The van der Waals surface area contributed by atoms with Crippen molar-refractivity contribution in [2.75, 3.05) is 13.6 Å². The van der Waals surface area contributed by atoms with Gasteiger partial charge in [0.05, 0.1) is 5.56 Å². The summed E-state index contributed by atoms with van der Waals surface area (Å²) in [6.45, 7) is 2.12. The molecule has 0 radical (unpaired) electrons. The van der Waals surface area contributed by atoms with Crippen molar-refractivity contribution in [2.24, 2.45) is 4.99 Å². The fourth-order valence-corrected chi connectivity index (χ4v) is 3.40. The van der Waals surface area contributed by atoms with Crippen LogP contribution in [-0.2, 0) is 32.1 Å². The van der Waals surface area contributed by atoms with E-state index in [1.807, 2.05) is 0 Å². The zero-order valence-electron chi connectivity index (χ0n) is 17.0. The first-order chi connectivity index (χ1) is 14.0. The smallest absolute Gasteiger partial charge is 0.356 e. The van der Waals surface area contributed by atoms with E-state index in [9.17, 15) is 13.2 Å². The van der Waals surface area contributed by atoms with Crippen molar-refractivity contribution in [3.63, 3.8) is 0 Å². The van der Waals surface area contributed by atoms with Gasteiger partial charge in [-0.05, 0) is 37.0 Å². The molecule has 0 atom stereocenters. The first-order valence-corrected chi connectivity index (χ1v) is 9.99. The maximum Gasteiger partial charge on any atom is 0.416 e. The van der Waals surface area contributed by atoms with Crippen LogP contribution < -0.4 is 10.6 Å². The third-order valence-corrected chi connectivity index (χ3v) is 5.02. The number of halogens is 4. The van der Waals surface area contributed by atoms with Crippen LogP contribution in [0.25, 0.3) is 0 Å². The largest absolute Gasteiger partial charge is 0.416 e. The molecule has 1 aliphatic heterocycles. The molecule has 1 aliphatic rings. The van der Waals surface area contributed by atoms with E-state index < -0.39 is 11.7 Å². The number of nitrogens with zero attached hydrogens (tertiary/aromatic N) is 4. The predicted octanol–water partition coefficient (Wildman–Crippen LogP) is 3.94. The first kappa shape index (κ1) is 24.4. The van der Waals surface area contributed by atoms with Crippen LogP contribution in [0, 0.1) is 0 Å². The maximum atomic E-state index is 12.6. The SMILES string of the molecule is CN=C(NCCCc1nnc2n1CCCCC2)NCc1ccc(C(F)(F)F)cc1.I. The van der Waals surface area contributed by atoms with Crippen LogP contribution in [0.15, 0.2) is 29.3 Å². The minimum absolute atomic E-state index is 0. The topological polar surface area (TPSA) is 67.1 Å². The van der Waals surface area contributed by atoms with Gasteiger partial charge in [-0.3, -0.25) is 4.99 Å². The van der Waals surface area contributed by atoms with Crippen LogP contribution in [0.4, 0.5) is 13.2 Å². The molecular formula is C20H28F3IN6. The third kappa shape index (κ3) is 6.85. The Hall–Kier alpha value is -1.85. The third-order valence-electron chi connectivity index (χ3n) is 5.02. The van der Waals surface area contributed by atoms with E-state index in [0.29, 0.717) is 12.5 Å². The van der Waals surface area contributed by atoms with Gasteiger partial charge in [0, 0.05) is 39.5 Å². The van der Waals surface area contributed by atoms with Crippen LogP contribution in [0.5, 0.6) is 0 Å². The zero-order valence-corrected chi connectivity index (χ0v) is 19.3. The van der Waals surface area contributed by atoms with Crippen molar-refractivity contribution in [1.82, 2.24) is 25.4 Å². The molecule has 2 aromatic rings. The molecule has 0 unspecified atom stereocenters. The van der Waals surface area contributed by atoms with E-state index in [0.717, 1.165) is 61.7 Å². The number of hydrogen-bond acceptors (Lipinski definition) is 3. The van der Waals surface area contributed by atoms with Crippen molar-refractivity contribution in [3.05, 3.63) is 47.0 Å². The number of benzene rings is 1. The first-order valence-electron chi connectivity index (χ1n) is 9.99. The Kier molecular flexibility index (Phi) is 9.37. The maximum absolute atomic E-state index is 12.6. The average Bonchev–Trinajstić information content (AvgIpc) is 2.93. The fraction of sp³-hybridized carbons (Fsp3) is 0.550. The number of guanidine groups is 1. The Morgan fingerprint density at radius 3 is 2.57 bits per heavy atom. The van der Waals surface area contributed by atoms with Crippen molar-refractivity contribution in [2.45, 2.75) is 57.8 Å². The van der Waals surface area contributed by atoms with E-state index in [1.165, 1.54) is 31.4 Å². The van der Waals surface area contributed by atoms with Gasteiger partial charge >= 0.3 is 6.18 Å². The summed E-state index contributed by atoms with van der Waals surface area (Å²) in [5.74, 6) is 2.75. The highest BCUT2D eigenvalue weighted by Crippen LogP contribution is 2.29. The van der Waals surface area contributed by atoms with Crippen LogP contribution in [0.2, 0.25) is 0 Å². The molecular weight excluding hydrogens is 508 g/mol. The zero-order chi connectivity index (χ0) is 20.7. The number of hydrogen-bond donors (Lipinski definition) is 2. The number of nitrogens with one attached hydrogen (secondary N) is 2. The second kappa shape index (κ2) is 11.5. The van der Waals surface area contributed by atoms with Gasteiger partial charge in [0.2, 0.25) is 0 Å². The highest BCUT2D eigenvalue weighted by Gasteiger charge is 2.29. The summed E-state index contributed by atoms with van der Waals surface area (Å²) < 4.78 is 40.1. The summed E-state index contributed by atoms with van der Waals surface area (Å²) in [5, 5.41) is 15.0. The summed E-state index contributed by atoms with van der Waals surface area (Å²) in [5.41, 5.74) is 0.113. The van der Waals surface area contributed by atoms with E-state index in [4.69, 9.17) is 0 Å². The summed E-state index contributed by atoms with van der Waals surface area (Å²) in [7, 11) is 1.67. The molecule has 0 saturated heterocycles. The number of aliphatic imine (C=N–C) groups is 1. The van der Waals surface area contributed by atoms with Gasteiger partial charge in [0.15, 0.2) is 5.96 Å². The van der Waals surface area contributed by atoms with Gasteiger partial charge in [-0.15, -0.1) is 34.2 Å². The average molecular weight is 536 g/mol. The van der Waals surface area contributed by atoms with E-state index in [1.54, 1.807) is 7.05 Å². The molecule has 30 heavy (non-hydrogen) atoms. The van der Waals surface area contributed by atoms with Gasteiger partial charge in [-0.2, -0.15) is 13.2 Å². The normalized spacial score (nSPS) is 14.5. The summed E-state index contributed by atoms with van der Waals surface area (Å²) in [4.78, 5) is 4.16. The Morgan fingerprint density at radius 2 is 1.87 bits per heavy atom. The van der Waals surface area contributed by atoms with Crippen molar-refractivity contribution in [1.29, 1.82) is 0 Å². The number of alkyl halides is 3. The minimum atomic E-state index is -4.31. The van der Waals surface area contributed by atoms with E-state index in [2.05, 4.69) is 30.4 Å². The van der Waals surface area contributed by atoms with Crippen molar-refractivity contribution >= 4 is 29.9 Å². The van der Waals surface area contributed by atoms with Crippen LogP contribution in [-0.4, -0.2) is 34.3 Å². The van der Waals surface area contributed by atoms with Gasteiger partial charge in [-0.1, -0.05) is 18.6 Å². The number of aryl methyl sites for hydroxylation is 2. The van der Waals surface area contributed by atoms with Crippen LogP contribution >= 0.6 is 24.0 Å². The lowest BCUT2D eigenvalue weighted by molar-refractivity contribution is -0.137. The van der Waals surface area contributed by atoms with Gasteiger partial charge in [0.1, 0.15) is 11.6 Å². The molecule has 1 aromatic heterocycles. The Morgan fingerprint density at radius 1 is 1.10 bits per heavy atom. The standard InChI is InChI=1S/C20H27F3N6.HI/c1-24-19(26-14-15-8-10-16(11-9-15)20(21,22)23)25-12-5-7-18-28-27-17-6-3-2-4-13-29(17)18;/h8-11H,2-7,12-14H2,1H3,(H2,24,25,26);1H. The van der Waals surface area contributed by atoms with Gasteiger partial charge in [0.25, 0.3) is 0 Å². The molecule has 0 amide bonds. The molecule has 2 N–H and O–H groups in total. The van der Waals surface area contributed by atoms with Gasteiger partial charge in [-0.25, -0.2) is 0 Å². The summed E-state index contributed by atoms with van der Waals surface area (Å²) in [6, 6.07) is 5.13. The lowest BCUT2D eigenvalue weighted by Gasteiger charge is -2.13. The van der Waals surface area contributed by atoms with Crippen molar-refractivity contribution < 1.29 is 13.2 Å². The molecule has 0 bridgehead atoms. The molecule has 3 rings (SSSR count). The fourth-order valence-electron chi connectivity index (χ4n) is 3.40. The molecule has 0 aliphatic carbocycles. The predicted molar refractivity (Wildman–Crippen MR) is 121 cm³/mol. The minimum Gasteiger partial charge on any atom is -0.356 e. The quantitative estimate of drug-likeness (QED) is 0.254. The van der Waals surface area contributed by atoms with E-state index >= 15 is 0 Å². The molecule has 0 saturated carbocycles. The molecule has 1 aromatic carbocycles. The number of aromatic nitrogens is 3. The second-order valence-electron chi connectivity index (χ2n) is 7.15. The Balaban J connectivity index is 0.00000320. The molecule has 0 spiro atoms. The molecule has 0 fully saturated rings. The highest BCUT2D eigenvalue weighted by atomic mass is 127. The summed E-state index contributed by atoms with van der Waals surface area (Å²) >= 11 is 0. The Labute approximate surface area is 191 Å². The van der Waals surface area contributed by atoms with Gasteiger partial charge < -0.3 is 15.2 Å². The lowest BCUT2D eigenvalue weighted by atomic mass is 10.1. The van der Waals surface area contributed by atoms with Crippen LogP contribution in [0.1, 0.15) is 48.5 Å². The lowest BCUT2D eigenvalue weighted by Crippen LogP contribution is -2.37. The number of fused-ring (bicyclic) bond motifs is 1. The highest BCUT2D eigenvalue weighted by molar-refractivity contribution is 14.0. The van der Waals surface area contributed by atoms with Crippen molar-refractivity contribution in [3.8, 4) is 0 Å². The molecule has 166 valence electrons. The monoisotopic (exact) mass is 536 g/mol. The molecule has 2 heterocycles. The Bertz CT molecular complexity index is 817. The van der Waals surface area contributed by atoms with Crippen LogP contribution in [0.3, 0.4) is 0 Å². The molecule has 10 heteroatoms. The molecule has 6 nitrogen and oxygen atoms in total. The second-order valence-corrected chi connectivity index (χ2v) is 7.15. The summed E-state index contributed by atoms with van der Waals surface area (Å²) in [6.07, 6.45) is 2.02. The van der Waals surface area contributed by atoms with E-state index in [-0.39, 0.29) is 24.0 Å².